The predicted octanol–water partition coefficient (Wildman–Crippen LogP) is 2.58. The highest BCUT2D eigenvalue weighted by Gasteiger charge is 2.15. The maximum absolute atomic E-state index is 11.1. The molecule has 0 spiro atoms. The van der Waals surface area contributed by atoms with Gasteiger partial charge in [0.2, 0.25) is 5.91 Å². The van der Waals surface area contributed by atoms with Crippen LogP contribution in [-0.4, -0.2) is 33.5 Å². The van der Waals surface area contributed by atoms with Gasteiger partial charge in [-0.25, -0.2) is 14.6 Å². The van der Waals surface area contributed by atoms with Crippen LogP contribution in [-0.2, 0) is 25.5 Å². The van der Waals surface area contributed by atoms with E-state index in [4.69, 9.17) is 9.84 Å². The van der Waals surface area contributed by atoms with Gasteiger partial charge in [0.15, 0.2) is 0 Å². The zero-order chi connectivity index (χ0) is 19.0. The molecule has 1 amide bonds. The Kier molecular flexibility index (Phi) is 7.05. The molecule has 0 aliphatic carbocycles. The molecular weight excluding hydrogens is 324 g/mol. The minimum atomic E-state index is -0.994. The Labute approximate surface area is 146 Å². The second kappa shape index (κ2) is 8.77. The number of pyridine rings is 1. The number of nitrogens with zero attached hydrogens (tertiary/aromatic N) is 1. The van der Waals surface area contributed by atoms with Gasteiger partial charge in [0.05, 0.1) is 0 Å². The van der Waals surface area contributed by atoms with Crippen molar-refractivity contribution in [2.75, 3.05) is 5.32 Å². The van der Waals surface area contributed by atoms with Crippen LogP contribution < -0.4 is 5.32 Å². The van der Waals surface area contributed by atoms with Crippen LogP contribution in [0, 0.1) is 0 Å². The van der Waals surface area contributed by atoms with E-state index in [-0.39, 0.29) is 11.9 Å². The van der Waals surface area contributed by atoms with Gasteiger partial charge in [-0.2, -0.15) is 0 Å². The number of esters is 1. The largest absolute Gasteiger partial charge is 0.478 e. The Bertz CT molecular complexity index is 702. The zero-order valence-corrected chi connectivity index (χ0v) is 14.5. The monoisotopic (exact) mass is 346 g/mol. The summed E-state index contributed by atoms with van der Waals surface area (Å²) in [5.41, 5.74) is 1.26. The number of aromatic nitrogens is 1. The maximum Gasteiger partial charge on any atom is 0.330 e. The molecule has 1 aromatic heterocycles. The van der Waals surface area contributed by atoms with Crippen molar-refractivity contribution in [3.63, 3.8) is 0 Å². The quantitative estimate of drug-likeness (QED) is 0.644. The summed E-state index contributed by atoms with van der Waals surface area (Å²) in [7, 11) is 0. The van der Waals surface area contributed by atoms with Gasteiger partial charge in [-0.3, -0.25) is 4.79 Å². The first-order valence-corrected chi connectivity index (χ1v) is 7.66. The van der Waals surface area contributed by atoms with E-state index in [1.165, 1.54) is 12.3 Å². The number of nitrogens with one attached hydrogen (secondary N) is 1. The van der Waals surface area contributed by atoms with Crippen LogP contribution in [0.15, 0.2) is 31.0 Å². The third kappa shape index (κ3) is 7.92. The van der Waals surface area contributed by atoms with E-state index < -0.39 is 11.6 Å². The second-order valence-electron chi connectivity index (χ2n) is 6.23. The average Bonchev–Trinajstić information content (AvgIpc) is 2.51. The number of aliphatic carboxylic acids is 1. The maximum atomic E-state index is 11.1. The lowest BCUT2D eigenvalue weighted by molar-refractivity contribution is -0.148. The fourth-order valence-corrected chi connectivity index (χ4v) is 1.88. The van der Waals surface area contributed by atoms with Crippen molar-refractivity contribution in [2.24, 2.45) is 0 Å². The van der Waals surface area contributed by atoms with E-state index in [0.29, 0.717) is 18.7 Å². The number of hydrogen-bond donors (Lipinski definition) is 2. The number of hydrogen-bond acceptors (Lipinski definition) is 5. The van der Waals surface area contributed by atoms with Crippen LogP contribution in [0.4, 0.5) is 5.82 Å². The number of amides is 1. The Hall–Kier alpha value is -2.96. The highest BCUT2D eigenvalue weighted by molar-refractivity contribution is 5.93. The van der Waals surface area contributed by atoms with E-state index in [2.05, 4.69) is 16.9 Å². The summed E-state index contributed by atoms with van der Waals surface area (Å²) in [5, 5.41) is 11.1. The standard InChI is InChI=1S/C11H10N2O3.C7H12O2/c14-9-3-2-8-5-7(1-4-10(15)16)6-12-11(8)13-9;1-5-6(8)9-7(2,3)4/h1,4-6H,2-3H2,(H,15,16)(H,12,13,14);5H,1H2,2-4H3/b4-1+;. The highest BCUT2D eigenvalue weighted by Crippen LogP contribution is 2.21. The molecule has 7 nitrogen and oxygen atoms in total. The molecule has 25 heavy (non-hydrogen) atoms. The fourth-order valence-electron chi connectivity index (χ4n) is 1.88. The molecule has 0 unspecified atom stereocenters. The molecule has 0 fully saturated rings. The summed E-state index contributed by atoms with van der Waals surface area (Å²) in [6.07, 6.45) is 6.32. The number of aryl methyl sites for hydroxylation is 1. The number of fused-ring (bicyclic) bond motifs is 1. The fraction of sp³-hybridized carbons (Fsp3) is 0.333. The van der Waals surface area contributed by atoms with E-state index in [9.17, 15) is 14.4 Å². The Balaban J connectivity index is 0.000000299. The SMILES string of the molecule is C=CC(=O)OC(C)(C)C.O=C(O)/C=C/c1cnc2c(c1)CCC(=O)N2. The van der Waals surface area contributed by atoms with Crippen molar-refractivity contribution < 1.29 is 24.2 Å². The van der Waals surface area contributed by atoms with E-state index in [0.717, 1.165) is 23.3 Å². The minimum absolute atomic E-state index is 0.0335. The average molecular weight is 346 g/mol. The lowest BCUT2D eigenvalue weighted by Crippen LogP contribution is -2.22. The molecule has 0 atom stereocenters. The van der Waals surface area contributed by atoms with Crippen molar-refractivity contribution in [1.82, 2.24) is 4.98 Å². The summed E-state index contributed by atoms with van der Waals surface area (Å²) >= 11 is 0. The number of carboxylic acids is 1. The highest BCUT2D eigenvalue weighted by atomic mass is 16.6. The van der Waals surface area contributed by atoms with Gasteiger partial charge in [-0.15, -0.1) is 0 Å². The van der Waals surface area contributed by atoms with E-state index >= 15 is 0 Å². The lowest BCUT2D eigenvalue weighted by atomic mass is 10.0. The van der Waals surface area contributed by atoms with E-state index in [1.807, 2.05) is 26.8 Å². The summed E-state index contributed by atoms with van der Waals surface area (Å²) < 4.78 is 4.83. The smallest absolute Gasteiger partial charge is 0.330 e. The number of carbonyl (C=O) groups is 3. The van der Waals surface area contributed by atoms with Crippen LogP contribution in [0.1, 0.15) is 38.3 Å². The van der Waals surface area contributed by atoms with Gasteiger partial charge in [-0.1, -0.05) is 6.58 Å². The number of ether oxygens (including phenoxy) is 1. The number of rotatable bonds is 3. The van der Waals surface area contributed by atoms with Gasteiger partial charge < -0.3 is 15.2 Å². The van der Waals surface area contributed by atoms with E-state index in [1.54, 1.807) is 0 Å². The van der Waals surface area contributed by atoms with Gasteiger partial charge in [0.25, 0.3) is 0 Å². The first-order chi connectivity index (χ1) is 11.6. The molecular formula is C18H22N2O5. The third-order valence-electron chi connectivity index (χ3n) is 2.86. The van der Waals surface area contributed by atoms with Crippen molar-refractivity contribution in [2.45, 2.75) is 39.2 Å². The van der Waals surface area contributed by atoms with Crippen LogP contribution in [0.5, 0.6) is 0 Å². The Morgan fingerprint density at radius 3 is 2.56 bits per heavy atom. The van der Waals surface area contributed by atoms with Gasteiger partial charge in [0.1, 0.15) is 11.4 Å². The molecule has 2 heterocycles. The van der Waals surface area contributed by atoms with Gasteiger partial charge in [0, 0.05) is 24.8 Å². The summed E-state index contributed by atoms with van der Waals surface area (Å²) in [6.45, 7) is 8.71. The van der Waals surface area contributed by atoms with Crippen LogP contribution in [0.25, 0.3) is 6.08 Å². The summed E-state index contributed by atoms with van der Waals surface area (Å²) in [4.78, 5) is 36.0. The summed E-state index contributed by atoms with van der Waals surface area (Å²) in [6, 6.07) is 1.83. The molecule has 7 heteroatoms. The van der Waals surface area contributed by atoms with Crippen LogP contribution in [0.3, 0.4) is 0 Å². The number of anilines is 1. The Morgan fingerprint density at radius 2 is 2.04 bits per heavy atom. The van der Waals surface area contributed by atoms with Gasteiger partial charge >= 0.3 is 11.9 Å². The van der Waals surface area contributed by atoms with Gasteiger partial charge in [-0.05, 0) is 50.5 Å². The molecule has 2 N–H and O–H groups in total. The minimum Gasteiger partial charge on any atom is -0.478 e. The van der Waals surface area contributed by atoms with Crippen molar-refractivity contribution in [3.05, 3.63) is 42.1 Å². The third-order valence-corrected chi connectivity index (χ3v) is 2.86. The normalized spacial score (nSPS) is 13.2. The van der Waals surface area contributed by atoms with Crippen LogP contribution in [0.2, 0.25) is 0 Å². The molecule has 1 aliphatic rings. The molecule has 0 bridgehead atoms. The van der Waals surface area contributed by atoms with Crippen molar-refractivity contribution in [3.8, 4) is 0 Å². The zero-order valence-electron chi connectivity index (χ0n) is 14.5. The molecule has 0 saturated carbocycles. The number of carbonyl (C=O) groups excluding carboxylic acids is 2. The lowest BCUT2D eigenvalue weighted by Gasteiger charge is -2.17. The molecule has 1 aliphatic heterocycles. The molecule has 134 valence electrons. The second-order valence-corrected chi connectivity index (χ2v) is 6.23. The van der Waals surface area contributed by atoms with Crippen molar-refractivity contribution in [1.29, 1.82) is 0 Å². The summed E-state index contributed by atoms with van der Waals surface area (Å²) in [5.74, 6) is -0.828. The molecule has 2 rings (SSSR count). The molecule has 0 aromatic carbocycles. The topological polar surface area (TPSA) is 106 Å². The number of carboxylic acid groups (broad SMARTS) is 1. The van der Waals surface area contributed by atoms with Crippen LogP contribution >= 0.6 is 0 Å². The molecule has 0 saturated heterocycles. The predicted molar refractivity (Wildman–Crippen MR) is 93.9 cm³/mol. The molecule has 0 radical (unpaired) electrons. The first-order valence-electron chi connectivity index (χ1n) is 7.66. The molecule has 1 aromatic rings. The first kappa shape index (κ1) is 20.1. The van der Waals surface area contributed by atoms with Crippen molar-refractivity contribution >= 4 is 29.7 Å². The Morgan fingerprint density at radius 1 is 1.36 bits per heavy atom.